The molecule has 0 saturated carbocycles. The van der Waals surface area contributed by atoms with Crippen molar-refractivity contribution in [1.29, 1.82) is 0 Å². The molecule has 0 unspecified atom stereocenters. The van der Waals surface area contributed by atoms with E-state index in [0.717, 1.165) is 40.7 Å². The van der Waals surface area contributed by atoms with E-state index in [9.17, 15) is 4.79 Å². The highest BCUT2D eigenvalue weighted by molar-refractivity contribution is 5.87. The van der Waals surface area contributed by atoms with E-state index in [4.69, 9.17) is 4.74 Å². The molecule has 1 fully saturated rings. The normalized spacial score (nSPS) is 20.2. The summed E-state index contributed by atoms with van der Waals surface area (Å²) in [5, 5.41) is 1.83. The fourth-order valence-corrected chi connectivity index (χ4v) is 4.22. The average molecular weight is 362 g/mol. The Balaban J connectivity index is 1.73. The molecule has 1 saturated heterocycles. The lowest BCUT2D eigenvalue weighted by molar-refractivity contribution is -0.00521. The molecule has 4 heteroatoms. The van der Waals surface area contributed by atoms with Gasteiger partial charge in [-0.05, 0) is 74.5 Å². The molecule has 2 heterocycles. The molecule has 0 spiro atoms. The second kappa shape index (κ2) is 6.86. The zero-order valence-electron chi connectivity index (χ0n) is 16.4. The summed E-state index contributed by atoms with van der Waals surface area (Å²) in [6.07, 6.45) is 2.40. The lowest BCUT2D eigenvalue weighted by Crippen LogP contribution is -2.45. The summed E-state index contributed by atoms with van der Waals surface area (Å²) in [7, 11) is 0. The van der Waals surface area contributed by atoms with Crippen LogP contribution in [0, 0.1) is 13.8 Å². The van der Waals surface area contributed by atoms with Gasteiger partial charge in [-0.1, -0.05) is 12.1 Å². The third kappa shape index (κ3) is 3.26. The molecule has 2 aromatic carbocycles. The van der Waals surface area contributed by atoms with Crippen LogP contribution in [-0.4, -0.2) is 29.9 Å². The van der Waals surface area contributed by atoms with Crippen molar-refractivity contribution in [3.63, 3.8) is 0 Å². The van der Waals surface area contributed by atoms with Crippen LogP contribution < -0.4 is 10.5 Å². The highest BCUT2D eigenvalue weighted by atomic mass is 16.5. The van der Waals surface area contributed by atoms with Crippen LogP contribution in [0.5, 0.6) is 0 Å². The van der Waals surface area contributed by atoms with Crippen molar-refractivity contribution in [1.82, 2.24) is 4.57 Å². The number of anilines is 1. The second-order valence-electron chi connectivity index (χ2n) is 7.66. The first-order valence-electron chi connectivity index (χ1n) is 9.56. The Bertz CT molecular complexity index is 1030. The number of ether oxygens (including phenoxy) is 1. The van der Waals surface area contributed by atoms with Gasteiger partial charge in [-0.25, -0.2) is 0 Å². The average Bonchev–Trinajstić information content (AvgIpc) is 2.64. The van der Waals surface area contributed by atoms with Gasteiger partial charge in [-0.15, -0.1) is 0 Å². The summed E-state index contributed by atoms with van der Waals surface area (Å²) < 4.78 is 7.58. The summed E-state index contributed by atoms with van der Waals surface area (Å²) in [4.78, 5) is 15.4. The summed E-state index contributed by atoms with van der Waals surface area (Å²) in [6.45, 7) is 10.1. The van der Waals surface area contributed by atoms with Crippen molar-refractivity contribution in [2.24, 2.45) is 0 Å². The van der Waals surface area contributed by atoms with Gasteiger partial charge in [0.2, 0.25) is 0 Å². The van der Waals surface area contributed by atoms with Crippen molar-refractivity contribution in [2.75, 3.05) is 18.0 Å². The van der Waals surface area contributed by atoms with Crippen molar-refractivity contribution in [2.45, 2.75) is 39.9 Å². The minimum Gasteiger partial charge on any atom is -0.372 e. The molecular formula is C23H26N2O2. The molecule has 140 valence electrons. The summed E-state index contributed by atoms with van der Waals surface area (Å²) in [5.74, 6) is 0. The summed E-state index contributed by atoms with van der Waals surface area (Å²) >= 11 is 0. The van der Waals surface area contributed by atoms with E-state index in [-0.39, 0.29) is 17.8 Å². The molecule has 1 aliphatic heterocycles. The van der Waals surface area contributed by atoms with Gasteiger partial charge < -0.3 is 9.64 Å². The molecule has 0 bridgehead atoms. The van der Waals surface area contributed by atoms with Crippen LogP contribution in [0.2, 0.25) is 0 Å². The zero-order valence-corrected chi connectivity index (χ0v) is 16.4. The number of aromatic nitrogens is 1. The molecule has 0 radical (unpaired) electrons. The molecule has 1 aromatic heterocycles. The van der Waals surface area contributed by atoms with Crippen molar-refractivity contribution in [3.05, 3.63) is 70.1 Å². The Hall–Kier alpha value is -2.59. The topological polar surface area (TPSA) is 34.5 Å². The molecule has 4 rings (SSSR count). The number of fused-ring (bicyclic) bond motifs is 1. The van der Waals surface area contributed by atoms with Gasteiger partial charge in [0.05, 0.1) is 12.2 Å². The number of rotatable bonds is 2. The third-order valence-electron chi connectivity index (χ3n) is 5.35. The highest BCUT2D eigenvalue weighted by Crippen LogP contribution is 2.24. The van der Waals surface area contributed by atoms with E-state index in [1.54, 1.807) is 4.57 Å². The zero-order chi connectivity index (χ0) is 19.1. The van der Waals surface area contributed by atoms with Crippen LogP contribution in [0.4, 0.5) is 5.69 Å². The Morgan fingerprint density at radius 2 is 1.52 bits per heavy atom. The fourth-order valence-electron chi connectivity index (χ4n) is 4.22. The van der Waals surface area contributed by atoms with Crippen LogP contribution in [0.3, 0.4) is 0 Å². The van der Waals surface area contributed by atoms with Gasteiger partial charge >= 0.3 is 0 Å². The van der Waals surface area contributed by atoms with Crippen LogP contribution >= 0.6 is 0 Å². The standard InChI is InChI=1S/C23H26N2O2/c1-15-6-5-7-21-22(15)16(2)12-25(23(21)26)20-10-8-19(9-11-20)24-13-17(3)27-18(4)14-24/h5-12,17-18H,13-14H2,1-4H3/t17-,18+. The number of benzene rings is 2. The van der Waals surface area contributed by atoms with Crippen molar-refractivity contribution in [3.8, 4) is 5.69 Å². The number of hydrogen-bond acceptors (Lipinski definition) is 3. The lowest BCUT2D eigenvalue weighted by atomic mass is 10.0. The second-order valence-corrected chi connectivity index (χ2v) is 7.66. The quantitative estimate of drug-likeness (QED) is 0.684. The van der Waals surface area contributed by atoms with E-state index in [2.05, 4.69) is 50.8 Å². The van der Waals surface area contributed by atoms with Crippen LogP contribution in [0.15, 0.2) is 53.5 Å². The Labute approximate surface area is 160 Å². The number of nitrogens with zero attached hydrogens (tertiary/aromatic N) is 2. The van der Waals surface area contributed by atoms with Gasteiger partial charge in [0.1, 0.15) is 0 Å². The number of aryl methyl sites for hydroxylation is 2. The Morgan fingerprint density at radius 3 is 2.19 bits per heavy atom. The number of hydrogen-bond donors (Lipinski definition) is 0. The minimum absolute atomic E-state index is 0.0284. The first-order chi connectivity index (χ1) is 12.9. The smallest absolute Gasteiger partial charge is 0.262 e. The van der Waals surface area contributed by atoms with Gasteiger partial charge in [-0.2, -0.15) is 0 Å². The van der Waals surface area contributed by atoms with Crippen LogP contribution in [0.1, 0.15) is 25.0 Å². The summed E-state index contributed by atoms with van der Waals surface area (Å²) in [5.41, 5.74) is 4.34. The van der Waals surface area contributed by atoms with E-state index in [1.165, 1.54) is 5.69 Å². The molecule has 1 aliphatic rings. The maximum absolute atomic E-state index is 13.0. The molecule has 4 nitrogen and oxygen atoms in total. The predicted molar refractivity (Wildman–Crippen MR) is 111 cm³/mol. The van der Waals surface area contributed by atoms with E-state index in [0.29, 0.717) is 0 Å². The molecule has 0 aliphatic carbocycles. The van der Waals surface area contributed by atoms with Crippen LogP contribution in [0.25, 0.3) is 16.5 Å². The third-order valence-corrected chi connectivity index (χ3v) is 5.35. The molecule has 2 atom stereocenters. The first kappa shape index (κ1) is 17.8. The van der Waals surface area contributed by atoms with E-state index < -0.39 is 0 Å². The maximum Gasteiger partial charge on any atom is 0.262 e. The number of morpholine rings is 1. The van der Waals surface area contributed by atoms with E-state index in [1.807, 2.05) is 30.5 Å². The van der Waals surface area contributed by atoms with Gasteiger partial charge in [0.25, 0.3) is 5.56 Å². The maximum atomic E-state index is 13.0. The molecule has 0 amide bonds. The SMILES string of the molecule is Cc1cccc2c(=O)n(-c3ccc(N4C[C@@H](C)O[C@@H](C)C4)cc3)cc(C)c12. The fraction of sp³-hybridized carbons (Fsp3) is 0.348. The summed E-state index contributed by atoms with van der Waals surface area (Å²) in [6, 6.07) is 14.2. The molecule has 3 aromatic rings. The lowest BCUT2D eigenvalue weighted by Gasteiger charge is -2.36. The largest absolute Gasteiger partial charge is 0.372 e. The monoisotopic (exact) mass is 362 g/mol. The van der Waals surface area contributed by atoms with Crippen molar-refractivity contribution < 1.29 is 4.74 Å². The highest BCUT2D eigenvalue weighted by Gasteiger charge is 2.22. The Kier molecular flexibility index (Phi) is 4.52. The molecule has 27 heavy (non-hydrogen) atoms. The van der Waals surface area contributed by atoms with Crippen LogP contribution in [-0.2, 0) is 4.74 Å². The number of pyridine rings is 1. The Morgan fingerprint density at radius 1 is 0.889 bits per heavy atom. The first-order valence-corrected chi connectivity index (χ1v) is 9.56. The van der Waals surface area contributed by atoms with Crippen molar-refractivity contribution >= 4 is 16.5 Å². The molecule has 0 N–H and O–H groups in total. The minimum atomic E-state index is 0.0284. The van der Waals surface area contributed by atoms with Gasteiger partial charge in [0.15, 0.2) is 0 Å². The van der Waals surface area contributed by atoms with Gasteiger partial charge in [0, 0.05) is 36.0 Å². The predicted octanol–water partition coefficient (Wildman–Crippen LogP) is 4.22. The molecular weight excluding hydrogens is 336 g/mol. The van der Waals surface area contributed by atoms with E-state index >= 15 is 0 Å². The van der Waals surface area contributed by atoms with Gasteiger partial charge in [-0.3, -0.25) is 9.36 Å².